The van der Waals surface area contributed by atoms with E-state index in [0.717, 1.165) is 22.3 Å². The molecule has 0 aliphatic rings. The number of nitrogens with zero attached hydrogens (tertiary/aromatic N) is 1. The van der Waals surface area contributed by atoms with Crippen LogP contribution in [0.15, 0.2) is 40.9 Å². The minimum Gasteiger partial charge on any atom is -0.497 e. The van der Waals surface area contributed by atoms with Gasteiger partial charge in [-0.05, 0) is 51.9 Å². The summed E-state index contributed by atoms with van der Waals surface area (Å²) in [5.74, 6) is 0.476. The minimum atomic E-state index is -0.309. The van der Waals surface area contributed by atoms with Crippen molar-refractivity contribution in [1.29, 1.82) is 0 Å². The Morgan fingerprint density at radius 3 is 2.90 bits per heavy atom. The maximum atomic E-state index is 13.8. The maximum absolute atomic E-state index is 13.8. The van der Waals surface area contributed by atoms with Crippen molar-refractivity contribution in [2.24, 2.45) is 0 Å². The number of imidazole rings is 1. The smallest absolute Gasteiger partial charge is 0.178 e. The van der Waals surface area contributed by atoms with Gasteiger partial charge in [-0.1, -0.05) is 12.1 Å². The molecule has 0 saturated heterocycles. The Labute approximate surface area is 134 Å². The summed E-state index contributed by atoms with van der Waals surface area (Å²) in [5.41, 5.74) is 2.58. The Kier molecular flexibility index (Phi) is 3.82. The summed E-state index contributed by atoms with van der Waals surface area (Å²) in [4.78, 5) is 3.09. The molecule has 0 saturated carbocycles. The lowest BCUT2D eigenvalue weighted by Gasteiger charge is -2.07. The summed E-state index contributed by atoms with van der Waals surface area (Å²) in [6.07, 6.45) is 0. The normalized spacial score (nSPS) is 11.0. The molecule has 3 rings (SSSR count). The molecule has 3 aromatic rings. The monoisotopic (exact) mass is 366 g/mol. The Balaban J connectivity index is 2.09. The van der Waals surface area contributed by atoms with Gasteiger partial charge in [-0.2, -0.15) is 0 Å². The number of nitrogens with one attached hydrogen (secondary N) is 1. The van der Waals surface area contributed by atoms with E-state index in [4.69, 9.17) is 17.0 Å². The molecule has 0 bridgehead atoms. The lowest BCUT2D eigenvalue weighted by atomic mass is 10.2. The third kappa shape index (κ3) is 2.73. The number of halogens is 2. The standard InChI is InChI=1S/C15H12BrFN2OS/c1-20-10-4-2-3-9(5-10)8-19-14-7-12(17)11(16)6-13(14)18-15(19)21/h2-7H,8H2,1H3,(H,18,21). The minimum absolute atomic E-state index is 0.309. The number of benzene rings is 2. The molecular formula is C15H12BrFN2OS. The van der Waals surface area contributed by atoms with E-state index >= 15 is 0 Å². The number of rotatable bonds is 3. The zero-order valence-electron chi connectivity index (χ0n) is 11.2. The molecular weight excluding hydrogens is 355 g/mol. The molecule has 0 amide bonds. The van der Waals surface area contributed by atoms with Crippen LogP contribution < -0.4 is 4.74 Å². The average molecular weight is 367 g/mol. The lowest BCUT2D eigenvalue weighted by Crippen LogP contribution is -2.00. The van der Waals surface area contributed by atoms with Crippen molar-refractivity contribution in [3.63, 3.8) is 0 Å². The highest BCUT2D eigenvalue weighted by molar-refractivity contribution is 9.10. The van der Waals surface area contributed by atoms with Crippen LogP contribution in [0.5, 0.6) is 5.75 Å². The Morgan fingerprint density at radius 2 is 2.14 bits per heavy atom. The SMILES string of the molecule is COc1cccc(Cn2c(=S)[nH]c3cc(Br)c(F)cc32)c1. The fraction of sp³-hybridized carbons (Fsp3) is 0.133. The number of fused-ring (bicyclic) bond motifs is 1. The van der Waals surface area contributed by atoms with Crippen molar-refractivity contribution >= 4 is 39.2 Å². The van der Waals surface area contributed by atoms with Gasteiger partial charge in [0.15, 0.2) is 4.77 Å². The molecule has 108 valence electrons. The fourth-order valence-electron chi connectivity index (χ4n) is 2.26. The van der Waals surface area contributed by atoms with E-state index in [2.05, 4.69) is 20.9 Å². The van der Waals surface area contributed by atoms with Crippen molar-refractivity contribution in [1.82, 2.24) is 9.55 Å². The third-order valence-electron chi connectivity index (χ3n) is 3.29. The van der Waals surface area contributed by atoms with Gasteiger partial charge < -0.3 is 14.3 Å². The molecule has 3 nitrogen and oxygen atoms in total. The zero-order chi connectivity index (χ0) is 15.0. The summed E-state index contributed by atoms with van der Waals surface area (Å²) in [5, 5.41) is 0. The largest absolute Gasteiger partial charge is 0.497 e. The van der Waals surface area contributed by atoms with Gasteiger partial charge in [0.1, 0.15) is 11.6 Å². The van der Waals surface area contributed by atoms with Gasteiger partial charge in [0.25, 0.3) is 0 Å². The number of aromatic amines is 1. The second-order valence-corrected chi connectivity index (χ2v) is 5.89. The molecule has 1 N–H and O–H groups in total. The summed E-state index contributed by atoms with van der Waals surface area (Å²) in [7, 11) is 1.63. The second-order valence-electron chi connectivity index (χ2n) is 4.65. The van der Waals surface area contributed by atoms with Crippen LogP contribution in [0.3, 0.4) is 0 Å². The van der Waals surface area contributed by atoms with Gasteiger partial charge in [0.05, 0.1) is 29.2 Å². The van der Waals surface area contributed by atoms with Crippen LogP contribution in [0.1, 0.15) is 5.56 Å². The van der Waals surface area contributed by atoms with E-state index in [-0.39, 0.29) is 5.82 Å². The molecule has 0 fully saturated rings. The molecule has 0 aliphatic carbocycles. The van der Waals surface area contributed by atoms with Gasteiger partial charge >= 0.3 is 0 Å². The van der Waals surface area contributed by atoms with Crippen LogP contribution >= 0.6 is 28.1 Å². The van der Waals surface area contributed by atoms with Crippen LogP contribution in [-0.2, 0) is 6.54 Å². The molecule has 1 heterocycles. The van der Waals surface area contributed by atoms with E-state index < -0.39 is 0 Å². The average Bonchev–Trinajstić information content (AvgIpc) is 2.76. The molecule has 1 aromatic heterocycles. The first-order chi connectivity index (χ1) is 10.1. The predicted octanol–water partition coefficient (Wildman–Crippen LogP) is 4.66. The molecule has 6 heteroatoms. The van der Waals surface area contributed by atoms with E-state index in [0.29, 0.717) is 15.8 Å². The third-order valence-corrected chi connectivity index (χ3v) is 4.22. The Bertz CT molecular complexity index is 872. The van der Waals surface area contributed by atoms with Crippen molar-refractivity contribution in [2.45, 2.75) is 6.54 Å². The van der Waals surface area contributed by atoms with Crippen LogP contribution in [0.25, 0.3) is 11.0 Å². The van der Waals surface area contributed by atoms with Crippen molar-refractivity contribution in [2.75, 3.05) is 7.11 Å². The maximum Gasteiger partial charge on any atom is 0.178 e. The van der Waals surface area contributed by atoms with Gasteiger partial charge in [-0.25, -0.2) is 4.39 Å². The Hall–Kier alpha value is -1.66. The topological polar surface area (TPSA) is 29.9 Å². The number of H-pyrrole nitrogens is 1. The first-order valence-corrected chi connectivity index (χ1v) is 7.49. The van der Waals surface area contributed by atoms with Gasteiger partial charge in [-0.15, -0.1) is 0 Å². The molecule has 0 spiro atoms. The van der Waals surface area contributed by atoms with Gasteiger partial charge in [-0.3, -0.25) is 0 Å². The van der Waals surface area contributed by atoms with Crippen molar-refractivity contribution in [3.8, 4) is 5.75 Å². The van der Waals surface area contributed by atoms with Crippen LogP contribution in [-0.4, -0.2) is 16.7 Å². The zero-order valence-corrected chi connectivity index (χ0v) is 13.6. The highest BCUT2D eigenvalue weighted by atomic mass is 79.9. The number of ether oxygens (including phenoxy) is 1. The number of aromatic nitrogens is 2. The molecule has 0 aliphatic heterocycles. The van der Waals surface area contributed by atoms with E-state index in [1.807, 2.05) is 28.8 Å². The first kappa shape index (κ1) is 14.3. The fourth-order valence-corrected chi connectivity index (χ4v) is 2.88. The van der Waals surface area contributed by atoms with E-state index in [1.54, 1.807) is 13.2 Å². The lowest BCUT2D eigenvalue weighted by molar-refractivity contribution is 0.414. The highest BCUT2D eigenvalue weighted by Gasteiger charge is 2.09. The second kappa shape index (κ2) is 5.61. The summed E-state index contributed by atoms with van der Waals surface area (Å²) in [6.45, 7) is 0.553. The number of hydrogen-bond donors (Lipinski definition) is 1. The molecule has 0 atom stereocenters. The van der Waals surface area contributed by atoms with E-state index in [9.17, 15) is 4.39 Å². The number of methoxy groups -OCH3 is 1. The van der Waals surface area contributed by atoms with Crippen LogP contribution in [0.4, 0.5) is 4.39 Å². The summed E-state index contributed by atoms with van der Waals surface area (Å²) >= 11 is 8.52. The van der Waals surface area contributed by atoms with Crippen molar-refractivity contribution in [3.05, 3.63) is 57.0 Å². The molecule has 21 heavy (non-hydrogen) atoms. The van der Waals surface area contributed by atoms with Crippen LogP contribution in [0, 0.1) is 10.6 Å². The molecule has 0 unspecified atom stereocenters. The van der Waals surface area contributed by atoms with E-state index in [1.165, 1.54) is 6.07 Å². The number of hydrogen-bond acceptors (Lipinski definition) is 2. The van der Waals surface area contributed by atoms with Crippen LogP contribution in [0.2, 0.25) is 0 Å². The van der Waals surface area contributed by atoms with Gasteiger partial charge in [0, 0.05) is 6.07 Å². The highest BCUT2D eigenvalue weighted by Crippen LogP contribution is 2.24. The molecule has 2 aromatic carbocycles. The molecule has 0 radical (unpaired) electrons. The Morgan fingerprint density at radius 1 is 1.33 bits per heavy atom. The quantitative estimate of drug-likeness (QED) is 0.683. The van der Waals surface area contributed by atoms with Gasteiger partial charge in [0.2, 0.25) is 0 Å². The first-order valence-electron chi connectivity index (χ1n) is 6.29. The predicted molar refractivity (Wildman–Crippen MR) is 86.9 cm³/mol. The summed E-state index contributed by atoms with van der Waals surface area (Å²) in [6, 6.07) is 10.9. The summed E-state index contributed by atoms with van der Waals surface area (Å²) < 4.78 is 21.8. The van der Waals surface area contributed by atoms with Crippen molar-refractivity contribution < 1.29 is 9.13 Å².